The van der Waals surface area contributed by atoms with Crippen LogP contribution in [0, 0.1) is 6.92 Å². The Balaban J connectivity index is 2.49. The van der Waals surface area contributed by atoms with Gasteiger partial charge in [-0.2, -0.15) is 0 Å². The van der Waals surface area contributed by atoms with Crippen LogP contribution in [0.15, 0.2) is 0 Å². The molecule has 0 N–H and O–H groups in total. The van der Waals surface area contributed by atoms with Gasteiger partial charge in [0.25, 0.3) is 0 Å². The minimum Gasteiger partial charge on any atom is -0.303 e. The van der Waals surface area contributed by atoms with Crippen LogP contribution in [0.4, 0.5) is 0 Å². The van der Waals surface area contributed by atoms with Gasteiger partial charge in [-0.1, -0.05) is 13.3 Å². The SMILES string of the molecule is [CH2]CCCC=O. The third-order valence-corrected chi connectivity index (χ3v) is 0.572. The number of carbonyl (C=O) groups is 1. The zero-order valence-corrected chi connectivity index (χ0v) is 3.81. The summed E-state index contributed by atoms with van der Waals surface area (Å²) in [5.74, 6) is 0. The largest absolute Gasteiger partial charge is 0.303 e. The molecule has 0 amide bonds. The second-order valence-corrected chi connectivity index (χ2v) is 1.16. The van der Waals surface area contributed by atoms with Crippen molar-refractivity contribution in [2.75, 3.05) is 0 Å². The van der Waals surface area contributed by atoms with E-state index < -0.39 is 0 Å². The molecule has 0 aliphatic carbocycles. The Hall–Kier alpha value is -0.330. The summed E-state index contributed by atoms with van der Waals surface area (Å²) in [5, 5.41) is 0. The fourth-order valence-corrected chi connectivity index (χ4v) is 0.228. The van der Waals surface area contributed by atoms with Crippen LogP contribution in [0.2, 0.25) is 0 Å². The van der Waals surface area contributed by atoms with E-state index in [9.17, 15) is 4.79 Å². The molecular formula is C5H9O. The molecule has 0 aromatic carbocycles. The Morgan fingerprint density at radius 1 is 1.67 bits per heavy atom. The molecular weight excluding hydrogens is 76.1 g/mol. The minimum absolute atomic E-state index is 0.670. The molecule has 0 aliphatic heterocycles. The van der Waals surface area contributed by atoms with Crippen molar-refractivity contribution in [1.29, 1.82) is 0 Å². The third-order valence-electron chi connectivity index (χ3n) is 0.572. The standard InChI is InChI=1S/C5H9O/c1-2-3-4-5-6/h5H,1-4H2. The average molecular weight is 85.1 g/mol. The van der Waals surface area contributed by atoms with Crippen LogP contribution in [0.3, 0.4) is 0 Å². The molecule has 1 radical (unpaired) electrons. The molecule has 0 heterocycles. The van der Waals surface area contributed by atoms with E-state index in [0.29, 0.717) is 6.42 Å². The van der Waals surface area contributed by atoms with E-state index in [0.717, 1.165) is 19.1 Å². The van der Waals surface area contributed by atoms with Gasteiger partial charge in [0.15, 0.2) is 0 Å². The number of unbranched alkanes of at least 4 members (excludes halogenated alkanes) is 2. The number of aldehydes is 1. The van der Waals surface area contributed by atoms with E-state index in [1.54, 1.807) is 0 Å². The summed E-state index contributed by atoms with van der Waals surface area (Å²) in [6, 6.07) is 0. The van der Waals surface area contributed by atoms with Crippen molar-refractivity contribution in [2.45, 2.75) is 19.3 Å². The van der Waals surface area contributed by atoms with Gasteiger partial charge in [0.2, 0.25) is 0 Å². The third kappa shape index (κ3) is 3.67. The zero-order chi connectivity index (χ0) is 4.83. The van der Waals surface area contributed by atoms with Crippen molar-refractivity contribution in [2.24, 2.45) is 0 Å². The zero-order valence-electron chi connectivity index (χ0n) is 3.81. The summed E-state index contributed by atoms with van der Waals surface area (Å²) < 4.78 is 0. The first-order chi connectivity index (χ1) is 2.91. The second-order valence-electron chi connectivity index (χ2n) is 1.16. The average Bonchev–Trinajstić information content (AvgIpc) is 1.61. The fraction of sp³-hybridized carbons (Fsp3) is 0.600. The van der Waals surface area contributed by atoms with Crippen LogP contribution in [-0.4, -0.2) is 6.29 Å². The van der Waals surface area contributed by atoms with Crippen molar-refractivity contribution in [3.05, 3.63) is 6.92 Å². The second kappa shape index (κ2) is 4.67. The van der Waals surface area contributed by atoms with Crippen LogP contribution >= 0.6 is 0 Å². The number of rotatable bonds is 3. The van der Waals surface area contributed by atoms with Crippen LogP contribution in [0.25, 0.3) is 0 Å². The lowest BCUT2D eigenvalue weighted by Gasteiger charge is -1.78. The molecule has 0 aliphatic rings. The van der Waals surface area contributed by atoms with Crippen molar-refractivity contribution >= 4 is 6.29 Å². The first-order valence-corrected chi connectivity index (χ1v) is 2.14. The summed E-state index contributed by atoms with van der Waals surface area (Å²) in [6.45, 7) is 3.56. The molecule has 0 fully saturated rings. The maximum Gasteiger partial charge on any atom is 0.119 e. The first kappa shape index (κ1) is 5.67. The van der Waals surface area contributed by atoms with Crippen LogP contribution in [-0.2, 0) is 4.79 Å². The Morgan fingerprint density at radius 2 is 2.33 bits per heavy atom. The monoisotopic (exact) mass is 85.1 g/mol. The highest BCUT2D eigenvalue weighted by atomic mass is 16.1. The van der Waals surface area contributed by atoms with Crippen LogP contribution < -0.4 is 0 Å². The molecule has 0 aromatic rings. The van der Waals surface area contributed by atoms with Gasteiger partial charge in [-0.25, -0.2) is 0 Å². The summed E-state index contributed by atoms with van der Waals surface area (Å²) in [6.07, 6.45) is 3.40. The molecule has 1 heteroatoms. The van der Waals surface area contributed by atoms with Crippen molar-refractivity contribution in [1.82, 2.24) is 0 Å². The lowest BCUT2D eigenvalue weighted by atomic mass is 10.3. The highest BCUT2D eigenvalue weighted by Gasteiger charge is 1.75. The molecule has 1 nitrogen and oxygen atoms in total. The fourth-order valence-electron chi connectivity index (χ4n) is 0.228. The molecule has 0 spiro atoms. The maximum absolute atomic E-state index is 9.54. The number of hydrogen-bond acceptors (Lipinski definition) is 1. The van der Waals surface area contributed by atoms with Gasteiger partial charge in [-0.3, -0.25) is 0 Å². The predicted molar refractivity (Wildman–Crippen MR) is 25.3 cm³/mol. The van der Waals surface area contributed by atoms with Gasteiger partial charge < -0.3 is 4.79 Å². The maximum atomic E-state index is 9.54. The Morgan fingerprint density at radius 3 is 2.50 bits per heavy atom. The summed E-state index contributed by atoms with van der Waals surface area (Å²) in [4.78, 5) is 9.54. The molecule has 35 valence electrons. The van der Waals surface area contributed by atoms with Gasteiger partial charge in [-0.05, 0) is 6.42 Å². The van der Waals surface area contributed by atoms with Gasteiger partial charge in [-0.15, -0.1) is 0 Å². The Labute approximate surface area is 38.4 Å². The summed E-state index contributed by atoms with van der Waals surface area (Å²) in [5.41, 5.74) is 0. The van der Waals surface area contributed by atoms with E-state index >= 15 is 0 Å². The lowest BCUT2D eigenvalue weighted by Crippen LogP contribution is -1.70. The van der Waals surface area contributed by atoms with Gasteiger partial charge in [0.1, 0.15) is 6.29 Å². The normalized spacial score (nSPS) is 8.17. The van der Waals surface area contributed by atoms with Crippen molar-refractivity contribution in [3.63, 3.8) is 0 Å². The Bertz CT molecular complexity index is 32.9. The van der Waals surface area contributed by atoms with Crippen LogP contribution in [0.5, 0.6) is 0 Å². The first-order valence-electron chi connectivity index (χ1n) is 2.14. The lowest BCUT2D eigenvalue weighted by molar-refractivity contribution is -0.107. The summed E-state index contributed by atoms with van der Waals surface area (Å²) in [7, 11) is 0. The van der Waals surface area contributed by atoms with Crippen molar-refractivity contribution in [3.8, 4) is 0 Å². The van der Waals surface area contributed by atoms with Gasteiger partial charge in [0, 0.05) is 6.42 Å². The predicted octanol–water partition coefficient (Wildman–Crippen LogP) is 1.19. The highest BCUT2D eigenvalue weighted by molar-refractivity contribution is 5.48. The highest BCUT2D eigenvalue weighted by Crippen LogP contribution is 1.86. The minimum atomic E-state index is 0.670. The van der Waals surface area contributed by atoms with E-state index in [2.05, 4.69) is 6.92 Å². The van der Waals surface area contributed by atoms with E-state index in [1.807, 2.05) is 0 Å². The molecule has 0 rings (SSSR count). The molecule has 0 aromatic heterocycles. The molecule has 0 saturated heterocycles. The van der Waals surface area contributed by atoms with E-state index in [4.69, 9.17) is 0 Å². The van der Waals surface area contributed by atoms with Gasteiger partial charge >= 0.3 is 0 Å². The van der Waals surface area contributed by atoms with Gasteiger partial charge in [0.05, 0.1) is 0 Å². The molecule has 6 heavy (non-hydrogen) atoms. The topological polar surface area (TPSA) is 17.1 Å². The smallest absolute Gasteiger partial charge is 0.119 e. The Kier molecular flexibility index (Phi) is 4.41. The van der Waals surface area contributed by atoms with E-state index in [1.165, 1.54) is 0 Å². The molecule has 0 atom stereocenters. The number of carbonyl (C=O) groups excluding carboxylic acids is 1. The number of hydrogen-bond donors (Lipinski definition) is 0. The molecule has 0 bridgehead atoms. The van der Waals surface area contributed by atoms with Crippen molar-refractivity contribution < 1.29 is 4.79 Å². The van der Waals surface area contributed by atoms with E-state index in [-0.39, 0.29) is 0 Å². The van der Waals surface area contributed by atoms with Crippen LogP contribution in [0.1, 0.15) is 19.3 Å². The summed E-state index contributed by atoms with van der Waals surface area (Å²) >= 11 is 0. The molecule has 0 saturated carbocycles. The molecule has 0 unspecified atom stereocenters. The quantitative estimate of drug-likeness (QED) is 0.371.